The molecule has 3 aliphatic rings. The Kier molecular flexibility index (Phi) is 5.46. The molecule has 1 aliphatic carbocycles. The summed E-state index contributed by atoms with van der Waals surface area (Å²) in [5.74, 6) is 0.537. The lowest BCUT2D eigenvalue weighted by Crippen LogP contribution is -2.40. The van der Waals surface area contributed by atoms with Gasteiger partial charge in [0.25, 0.3) is 0 Å². The Morgan fingerprint density at radius 3 is 2.57 bits per heavy atom. The third-order valence-corrected chi connectivity index (χ3v) is 9.83. The lowest BCUT2D eigenvalue weighted by molar-refractivity contribution is 0.0832. The van der Waals surface area contributed by atoms with Gasteiger partial charge in [0.2, 0.25) is 10.0 Å². The molecule has 1 spiro atoms. The Labute approximate surface area is 183 Å². The number of nitrogens with one attached hydrogen (secondary N) is 1. The first kappa shape index (κ1) is 20.6. The molecule has 2 atom stereocenters. The minimum atomic E-state index is -3.55. The predicted octanol–water partition coefficient (Wildman–Crippen LogP) is 5.10. The summed E-state index contributed by atoms with van der Waals surface area (Å²) in [6.45, 7) is 3.60. The number of hydrogen-bond donors (Lipinski definition) is 1. The predicted molar refractivity (Wildman–Crippen MR) is 120 cm³/mol. The van der Waals surface area contributed by atoms with Crippen molar-refractivity contribution < 1.29 is 13.2 Å². The van der Waals surface area contributed by atoms with E-state index in [9.17, 15) is 8.42 Å². The van der Waals surface area contributed by atoms with Crippen LogP contribution in [-0.2, 0) is 20.2 Å². The average Bonchev–Trinajstić information content (AvgIpc) is 2.75. The van der Waals surface area contributed by atoms with Crippen molar-refractivity contribution in [3.05, 3.63) is 53.6 Å². The molecule has 5 rings (SSSR count). The van der Waals surface area contributed by atoms with Crippen LogP contribution in [0.5, 0.6) is 0 Å². The summed E-state index contributed by atoms with van der Waals surface area (Å²) in [6, 6.07) is 14.5. The van der Waals surface area contributed by atoms with Gasteiger partial charge in [-0.15, -0.1) is 0 Å². The fourth-order valence-corrected chi connectivity index (χ4v) is 8.26. The standard InChI is InChI=1S/C24H29NO3S2/c1-17-6-4-5-13-24(17)20-7-2-3-8-22(20)29-23-16-19(9-10-21(23)24)30(26,27)25-18-11-14-28-15-12-18/h2-3,7-10,16-18,25H,4-6,11-15H2,1H3. The topological polar surface area (TPSA) is 55.4 Å². The normalized spacial score (nSPS) is 26.9. The molecule has 0 radical (unpaired) electrons. The Balaban J connectivity index is 1.56. The van der Waals surface area contributed by atoms with E-state index in [0.717, 1.165) is 24.2 Å². The number of hydrogen-bond acceptors (Lipinski definition) is 4. The van der Waals surface area contributed by atoms with Gasteiger partial charge < -0.3 is 4.74 Å². The van der Waals surface area contributed by atoms with Crippen molar-refractivity contribution in [1.29, 1.82) is 0 Å². The van der Waals surface area contributed by atoms with E-state index in [-0.39, 0.29) is 11.5 Å². The summed E-state index contributed by atoms with van der Waals surface area (Å²) in [7, 11) is -3.55. The van der Waals surface area contributed by atoms with Gasteiger partial charge in [-0.05, 0) is 60.9 Å². The second-order valence-corrected chi connectivity index (χ2v) is 11.7. The lowest BCUT2D eigenvalue weighted by Gasteiger charge is -2.47. The largest absolute Gasteiger partial charge is 0.381 e. The number of sulfonamides is 1. The van der Waals surface area contributed by atoms with Crippen molar-refractivity contribution in [3.63, 3.8) is 0 Å². The fourth-order valence-electron chi connectivity index (χ4n) is 5.56. The van der Waals surface area contributed by atoms with Crippen LogP contribution in [0.1, 0.15) is 56.6 Å². The van der Waals surface area contributed by atoms with Gasteiger partial charge in [0, 0.05) is 34.5 Å². The highest BCUT2D eigenvalue weighted by Gasteiger charge is 2.46. The highest BCUT2D eigenvalue weighted by Crippen LogP contribution is 2.57. The molecule has 2 aliphatic heterocycles. The van der Waals surface area contributed by atoms with Gasteiger partial charge in [0.1, 0.15) is 0 Å². The number of rotatable bonds is 3. The zero-order chi connectivity index (χ0) is 20.8. The van der Waals surface area contributed by atoms with Gasteiger partial charge in [0.05, 0.1) is 4.90 Å². The molecule has 1 saturated carbocycles. The number of ether oxygens (including phenoxy) is 1. The quantitative estimate of drug-likeness (QED) is 0.717. The molecular weight excluding hydrogens is 414 g/mol. The van der Waals surface area contributed by atoms with E-state index in [0.29, 0.717) is 24.0 Å². The smallest absolute Gasteiger partial charge is 0.240 e. The first-order valence-corrected chi connectivity index (χ1v) is 13.3. The zero-order valence-corrected chi connectivity index (χ0v) is 19.0. The summed E-state index contributed by atoms with van der Waals surface area (Å²) in [5, 5.41) is 0. The van der Waals surface area contributed by atoms with E-state index in [1.807, 2.05) is 12.1 Å². The molecule has 160 valence electrons. The molecule has 0 aromatic heterocycles. The van der Waals surface area contributed by atoms with Crippen LogP contribution in [0, 0.1) is 5.92 Å². The minimum absolute atomic E-state index is 0.00808. The molecule has 2 heterocycles. The maximum Gasteiger partial charge on any atom is 0.240 e. The van der Waals surface area contributed by atoms with E-state index in [2.05, 4.69) is 42.0 Å². The summed E-state index contributed by atoms with van der Waals surface area (Å²) < 4.78 is 34.5. The molecule has 0 amide bonds. The Hall–Kier alpha value is -1.34. The van der Waals surface area contributed by atoms with E-state index in [1.54, 1.807) is 11.8 Å². The molecule has 2 fully saturated rings. The van der Waals surface area contributed by atoms with Crippen LogP contribution in [-0.4, -0.2) is 27.7 Å². The van der Waals surface area contributed by atoms with Crippen LogP contribution >= 0.6 is 11.8 Å². The molecule has 1 N–H and O–H groups in total. The minimum Gasteiger partial charge on any atom is -0.381 e. The Morgan fingerprint density at radius 2 is 1.77 bits per heavy atom. The summed E-state index contributed by atoms with van der Waals surface area (Å²) in [6.07, 6.45) is 6.29. The van der Waals surface area contributed by atoms with Gasteiger partial charge in [-0.3, -0.25) is 0 Å². The number of benzene rings is 2. The molecular formula is C24H29NO3S2. The molecule has 6 heteroatoms. The third kappa shape index (κ3) is 3.42. The summed E-state index contributed by atoms with van der Waals surface area (Å²) >= 11 is 1.72. The van der Waals surface area contributed by atoms with Gasteiger partial charge in [-0.1, -0.05) is 55.8 Å². The van der Waals surface area contributed by atoms with Crippen molar-refractivity contribution in [1.82, 2.24) is 4.72 Å². The first-order chi connectivity index (χ1) is 14.5. The Morgan fingerprint density at radius 1 is 1.00 bits per heavy atom. The van der Waals surface area contributed by atoms with Crippen molar-refractivity contribution in [3.8, 4) is 0 Å². The van der Waals surface area contributed by atoms with E-state index >= 15 is 0 Å². The van der Waals surface area contributed by atoms with Gasteiger partial charge in [0.15, 0.2) is 0 Å². The second kappa shape index (κ2) is 7.97. The summed E-state index contributed by atoms with van der Waals surface area (Å²) in [5.41, 5.74) is 2.72. The van der Waals surface area contributed by atoms with Crippen molar-refractivity contribution in [2.45, 2.75) is 71.6 Å². The molecule has 1 saturated heterocycles. The number of fused-ring (bicyclic) bond motifs is 4. The highest BCUT2D eigenvalue weighted by atomic mass is 32.2. The van der Waals surface area contributed by atoms with Gasteiger partial charge in [-0.2, -0.15) is 0 Å². The third-order valence-electron chi connectivity index (χ3n) is 7.17. The molecule has 4 nitrogen and oxygen atoms in total. The van der Waals surface area contributed by atoms with Crippen LogP contribution in [0.3, 0.4) is 0 Å². The van der Waals surface area contributed by atoms with Crippen LogP contribution in [0.15, 0.2) is 57.2 Å². The zero-order valence-electron chi connectivity index (χ0n) is 17.4. The van der Waals surface area contributed by atoms with E-state index < -0.39 is 10.0 Å². The van der Waals surface area contributed by atoms with Crippen molar-refractivity contribution in [2.75, 3.05) is 13.2 Å². The fraction of sp³-hybridized carbons (Fsp3) is 0.500. The van der Waals surface area contributed by atoms with Crippen LogP contribution in [0.2, 0.25) is 0 Å². The molecule has 2 aromatic rings. The maximum atomic E-state index is 13.1. The molecule has 0 bridgehead atoms. The molecule has 2 aromatic carbocycles. The second-order valence-electron chi connectivity index (χ2n) is 8.88. The Bertz CT molecular complexity index is 1050. The molecule has 2 unspecified atom stereocenters. The first-order valence-electron chi connectivity index (χ1n) is 11.0. The van der Waals surface area contributed by atoms with Crippen LogP contribution in [0.4, 0.5) is 0 Å². The molecule has 30 heavy (non-hydrogen) atoms. The lowest BCUT2D eigenvalue weighted by atomic mass is 9.59. The monoisotopic (exact) mass is 443 g/mol. The van der Waals surface area contributed by atoms with Crippen molar-refractivity contribution in [2.24, 2.45) is 5.92 Å². The van der Waals surface area contributed by atoms with Crippen LogP contribution < -0.4 is 4.72 Å². The van der Waals surface area contributed by atoms with Gasteiger partial charge >= 0.3 is 0 Å². The van der Waals surface area contributed by atoms with E-state index in [1.165, 1.54) is 35.3 Å². The maximum absolute atomic E-state index is 13.1. The van der Waals surface area contributed by atoms with E-state index in [4.69, 9.17) is 4.74 Å². The summed E-state index contributed by atoms with van der Waals surface area (Å²) in [4.78, 5) is 2.74. The highest BCUT2D eigenvalue weighted by molar-refractivity contribution is 7.99. The van der Waals surface area contributed by atoms with Crippen molar-refractivity contribution >= 4 is 21.8 Å². The van der Waals surface area contributed by atoms with Gasteiger partial charge in [-0.25, -0.2) is 13.1 Å². The average molecular weight is 444 g/mol. The van der Waals surface area contributed by atoms with Crippen LogP contribution in [0.25, 0.3) is 0 Å². The SMILES string of the molecule is CC1CCCCC12c1ccccc1Sc1cc(S(=O)(=O)NC3CCOCC3)ccc12.